The molecule has 0 spiro atoms. The van der Waals surface area contributed by atoms with Crippen molar-refractivity contribution in [2.75, 3.05) is 0 Å². The summed E-state index contributed by atoms with van der Waals surface area (Å²) in [6, 6.07) is 17.9. The van der Waals surface area contributed by atoms with Gasteiger partial charge < -0.3 is 0 Å². The van der Waals surface area contributed by atoms with Crippen LogP contribution in [0.15, 0.2) is 54.6 Å². The number of carbonyl (C=O) groups excluding carboxylic acids is 1. The number of pyridine rings is 1. The highest BCUT2D eigenvalue weighted by Crippen LogP contribution is 2.17. The summed E-state index contributed by atoms with van der Waals surface area (Å²) >= 11 is 0. The first-order chi connectivity index (χ1) is 10.1. The summed E-state index contributed by atoms with van der Waals surface area (Å²) in [5.41, 5.74) is 4.64. The number of aryl methyl sites for hydroxylation is 2. The van der Waals surface area contributed by atoms with E-state index in [1.165, 1.54) is 0 Å². The van der Waals surface area contributed by atoms with Crippen molar-refractivity contribution in [3.63, 3.8) is 0 Å². The highest BCUT2D eigenvalue weighted by molar-refractivity contribution is 6.00. The van der Waals surface area contributed by atoms with E-state index in [-0.39, 0.29) is 5.78 Å². The van der Waals surface area contributed by atoms with Crippen LogP contribution >= 0.6 is 0 Å². The van der Waals surface area contributed by atoms with Crippen LogP contribution in [0.1, 0.15) is 27.2 Å². The predicted octanol–water partition coefficient (Wildman–Crippen LogP) is 4.28. The van der Waals surface area contributed by atoms with Crippen LogP contribution in [0.3, 0.4) is 0 Å². The van der Waals surface area contributed by atoms with Crippen molar-refractivity contribution >= 4 is 16.7 Å². The van der Waals surface area contributed by atoms with Gasteiger partial charge in [-0.1, -0.05) is 42.5 Å². The number of rotatable bonds is 3. The molecule has 0 amide bonds. The Morgan fingerprint density at radius 3 is 2.38 bits per heavy atom. The molecule has 0 N–H and O–H groups in total. The molecular weight excluding hydrogens is 258 g/mol. The number of ketones is 1. The molecule has 2 heteroatoms. The molecule has 0 aliphatic heterocycles. The summed E-state index contributed by atoms with van der Waals surface area (Å²) in [4.78, 5) is 17.1. The van der Waals surface area contributed by atoms with Gasteiger partial charge in [0.25, 0.3) is 0 Å². The number of carbonyl (C=O) groups is 1. The van der Waals surface area contributed by atoms with Crippen molar-refractivity contribution < 1.29 is 4.79 Å². The Hall–Kier alpha value is -2.48. The van der Waals surface area contributed by atoms with Gasteiger partial charge in [-0.3, -0.25) is 9.78 Å². The van der Waals surface area contributed by atoms with Crippen LogP contribution in [-0.2, 0) is 6.42 Å². The molecule has 0 aliphatic carbocycles. The molecule has 0 bridgehead atoms. The standard InChI is InChI=1S/C19H17NO/c1-13-6-5-7-14(2)19(13)18(21)12-16-11-10-15-8-3-4-9-17(15)20-16/h3-11H,12H2,1-2H3. The second-order valence-corrected chi connectivity index (χ2v) is 5.36. The Morgan fingerprint density at radius 1 is 0.905 bits per heavy atom. The van der Waals surface area contributed by atoms with Crippen molar-refractivity contribution in [3.8, 4) is 0 Å². The largest absolute Gasteiger partial charge is 0.294 e. The minimum atomic E-state index is 0.133. The van der Waals surface area contributed by atoms with Crippen molar-refractivity contribution in [1.29, 1.82) is 0 Å². The molecule has 2 aromatic carbocycles. The van der Waals surface area contributed by atoms with Gasteiger partial charge in [0.15, 0.2) is 5.78 Å². The first kappa shape index (κ1) is 13.5. The van der Waals surface area contributed by atoms with Gasteiger partial charge in [-0.15, -0.1) is 0 Å². The van der Waals surface area contributed by atoms with Gasteiger partial charge in [0.1, 0.15) is 0 Å². The molecule has 1 aromatic heterocycles. The normalized spacial score (nSPS) is 10.8. The van der Waals surface area contributed by atoms with Crippen LogP contribution < -0.4 is 0 Å². The Balaban J connectivity index is 1.93. The molecule has 0 radical (unpaired) electrons. The number of hydrogen-bond acceptors (Lipinski definition) is 2. The molecule has 2 nitrogen and oxygen atoms in total. The van der Waals surface area contributed by atoms with E-state index >= 15 is 0 Å². The Bertz CT molecular complexity index is 800. The van der Waals surface area contributed by atoms with Crippen molar-refractivity contribution in [2.45, 2.75) is 20.3 Å². The van der Waals surface area contributed by atoms with Crippen LogP contribution in [0.2, 0.25) is 0 Å². The van der Waals surface area contributed by atoms with E-state index in [0.29, 0.717) is 6.42 Å². The fraction of sp³-hybridized carbons (Fsp3) is 0.158. The van der Waals surface area contributed by atoms with Gasteiger partial charge in [0, 0.05) is 16.6 Å². The Kier molecular flexibility index (Phi) is 3.53. The number of benzene rings is 2. The summed E-state index contributed by atoms with van der Waals surface area (Å²) < 4.78 is 0. The van der Waals surface area contributed by atoms with E-state index in [1.807, 2.05) is 68.4 Å². The Labute approximate surface area is 124 Å². The quantitative estimate of drug-likeness (QED) is 0.668. The van der Waals surface area contributed by atoms with Gasteiger partial charge in [0.2, 0.25) is 0 Å². The summed E-state index contributed by atoms with van der Waals surface area (Å²) in [6.07, 6.45) is 0.344. The summed E-state index contributed by atoms with van der Waals surface area (Å²) in [5.74, 6) is 0.133. The summed E-state index contributed by atoms with van der Waals surface area (Å²) in [6.45, 7) is 3.96. The van der Waals surface area contributed by atoms with Gasteiger partial charge >= 0.3 is 0 Å². The first-order valence-electron chi connectivity index (χ1n) is 7.09. The minimum absolute atomic E-state index is 0.133. The van der Waals surface area contributed by atoms with Gasteiger partial charge in [-0.25, -0.2) is 0 Å². The lowest BCUT2D eigenvalue weighted by Gasteiger charge is -2.08. The average Bonchev–Trinajstić information content (AvgIpc) is 2.47. The lowest BCUT2D eigenvalue weighted by atomic mass is 9.96. The lowest BCUT2D eigenvalue weighted by molar-refractivity contribution is 0.0991. The maximum absolute atomic E-state index is 12.6. The zero-order valence-electron chi connectivity index (χ0n) is 12.3. The van der Waals surface area contributed by atoms with Crippen LogP contribution in [-0.4, -0.2) is 10.8 Å². The monoisotopic (exact) mass is 275 g/mol. The first-order valence-corrected chi connectivity index (χ1v) is 7.09. The second kappa shape index (κ2) is 5.49. The lowest BCUT2D eigenvalue weighted by Crippen LogP contribution is -2.09. The molecule has 1 heterocycles. The van der Waals surface area contributed by atoms with E-state index in [9.17, 15) is 4.79 Å². The SMILES string of the molecule is Cc1cccc(C)c1C(=O)Cc1ccc2ccccc2n1. The summed E-state index contributed by atoms with van der Waals surface area (Å²) in [5, 5.41) is 1.10. The topological polar surface area (TPSA) is 30.0 Å². The zero-order chi connectivity index (χ0) is 14.8. The Morgan fingerprint density at radius 2 is 1.62 bits per heavy atom. The fourth-order valence-electron chi connectivity index (χ4n) is 2.71. The molecule has 0 fully saturated rings. The van der Waals surface area contributed by atoms with Crippen LogP contribution in [0, 0.1) is 13.8 Å². The third kappa shape index (κ3) is 2.70. The van der Waals surface area contributed by atoms with E-state index in [1.54, 1.807) is 0 Å². The maximum Gasteiger partial charge on any atom is 0.169 e. The fourth-order valence-corrected chi connectivity index (χ4v) is 2.71. The van der Waals surface area contributed by atoms with E-state index in [2.05, 4.69) is 4.98 Å². The predicted molar refractivity (Wildman–Crippen MR) is 85.7 cm³/mol. The number of Topliss-reactive ketones (excluding diaryl/α,β-unsaturated/α-hetero) is 1. The van der Waals surface area contributed by atoms with Gasteiger partial charge in [-0.05, 0) is 37.1 Å². The molecule has 3 aromatic rings. The molecule has 0 unspecified atom stereocenters. The number of para-hydroxylation sites is 1. The van der Waals surface area contributed by atoms with Gasteiger partial charge in [-0.2, -0.15) is 0 Å². The van der Waals surface area contributed by atoms with Crippen molar-refractivity contribution in [1.82, 2.24) is 4.98 Å². The molecule has 0 aliphatic rings. The number of hydrogen-bond donors (Lipinski definition) is 0. The molecular formula is C19H17NO. The number of fused-ring (bicyclic) bond motifs is 1. The molecule has 0 saturated heterocycles. The van der Waals surface area contributed by atoms with E-state index in [0.717, 1.165) is 33.3 Å². The molecule has 3 rings (SSSR count). The van der Waals surface area contributed by atoms with E-state index < -0.39 is 0 Å². The second-order valence-electron chi connectivity index (χ2n) is 5.36. The average molecular weight is 275 g/mol. The molecule has 0 atom stereocenters. The maximum atomic E-state index is 12.6. The third-order valence-electron chi connectivity index (χ3n) is 3.76. The van der Waals surface area contributed by atoms with E-state index in [4.69, 9.17) is 0 Å². The van der Waals surface area contributed by atoms with Gasteiger partial charge in [0.05, 0.1) is 11.9 Å². The van der Waals surface area contributed by atoms with Crippen molar-refractivity contribution in [3.05, 3.63) is 77.0 Å². The molecule has 21 heavy (non-hydrogen) atoms. The van der Waals surface area contributed by atoms with Crippen LogP contribution in [0.25, 0.3) is 10.9 Å². The minimum Gasteiger partial charge on any atom is -0.294 e. The smallest absolute Gasteiger partial charge is 0.169 e. The molecule has 0 saturated carbocycles. The number of nitrogens with zero attached hydrogens (tertiary/aromatic N) is 1. The third-order valence-corrected chi connectivity index (χ3v) is 3.76. The summed E-state index contributed by atoms with van der Waals surface area (Å²) in [7, 11) is 0. The highest BCUT2D eigenvalue weighted by atomic mass is 16.1. The van der Waals surface area contributed by atoms with Crippen LogP contribution in [0.5, 0.6) is 0 Å². The van der Waals surface area contributed by atoms with Crippen molar-refractivity contribution in [2.24, 2.45) is 0 Å². The molecule has 104 valence electrons. The number of aromatic nitrogens is 1. The van der Waals surface area contributed by atoms with Crippen LogP contribution in [0.4, 0.5) is 0 Å². The highest BCUT2D eigenvalue weighted by Gasteiger charge is 2.13. The zero-order valence-corrected chi connectivity index (χ0v) is 12.3.